The van der Waals surface area contributed by atoms with Gasteiger partial charge < -0.3 is 10.2 Å². The van der Waals surface area contributed by atoms with Crippen LogP contribution in [0.15, 0.2) is 88.8 Å². The van der Waals surface area contributed by atoms with Gasteiger partial charge in [0.15, 0.2) is 0 Å². The topological polar surface area (TPSA) is 65.2 Å². The molecule has 1 heterocycles. The first-order chi connectivity index (χ1) is 22.0. The lowest BCUT2D eigenvalue weighted by atomic mass is 9.94. The number of hydrogen-bond donors (Lipinski definition) is 2. The molecule has 4 nitrogen and oxygen atoms in total. The van der Waals surface area contributed by atoms with Gasteiger partial charge in [-0.1, -0.05) is 114 Å². The fourth-order valence-electron chi connectivity index (χ4n) is 6.26. The molecule has 0 saturated carbocycles. The molecule has 0 aromatic heterocycles. The Bertz CT molecular complexity index is 1600. The van der Waals surface area contributed by atoms with E-state index in [2.05, 4.69) is 38.1 Å². The minimum absolute atomic E-state index is 0.213. The third-order valence-corrected chi connectivity index (χ3v) is 8.88. The monoisotopic (exact) mass is 600 g/mol. The molecule has 0 atom stereocenters. The van der Waals surface area contributed by atoms with Crippen LogP contribution in [-0.2, 0) is 12.8 Å². The molecule has 0 amide bonds. The number of para-hydroxylation sites is 2. The highest BCUT2D eigenvalue weighted by Gasteiger charge is 2.14. The zero-order valence-electron chi connectivity index (χ0n) is 27.0. The molecule has 0 saturated heterocycles. The van der Waals surface area contributed by atoms with Crippen molar-refractivity contribution in [2.75, 3.05) is 0 Å². The van der Waals surface area contributed by atoms with Crippen molar-refractivity contribution in [1.29, 1.82) is 0 Å². The highest BCUT2D eigenvalue weighted by atomic mass is 16.3. The summed E-state index contributed by atoms with van der Waals surface area (Å²) in [6.45, 7) is 4.24. The van der Waals surface area contributed by atoms with E-state index in [0.717, 1.165) is 47.9 Å². The molecule has 0 spiro atoms. The van der Waals surface area contributed by atoms with Crippen LogP contribution in [0, 0.1) is 0 Å². The number of nitrogens with zero attached hydrogens (tertiary/aromatic N) is 2. The van der Waals surface area contributed by atoms with Crippen LogP contribution in [0.5, 0.6) is 11.5 Å². The van der Waals surface area contributed by atoms with Crippen LogP contribution in [0.25, 0.3) is 11.1 Å². The van der Waals surface area contributed by atoms with Gasteiger partial charge in [-0.3, -0.25) is 9.98 Å². The van der Waals surface area contributed by atoms with Crippen molar-refractivity contribution in [3.63, 3.8) is 0 Å². The van der Waals surface area contributed by atoms with Gasteiger partial charge in [-0.05, 0) is 84.2 Å². The van der Waals surface area contributed by atoms with E-state index in [1.807, 2.05) is 54.6 Å². The molecular formula is C41H48N2O2. The smallest absolute Gasteiger partial charge is 0.132 e. The number of aliphatic imine (C=N–C) groups is 2. The van der Waals surface area contributed by atoms with Crippen molar-refractivity contribution >= 4 is 23.8 Å². The van der Waals surface area contributed by atoms with Gasteiger partial charge in [0.05, 0.1) is 11.4 Å². The van der Waals surface area contributed by atoms with Gasteiger partial charge in [0.1, 0.15) is 11.5 Å². The fraction of sp³-hybridized carbons (Fsp3) is 0.366. The van der Waals surface area contributed by atoms with Gasteiger partial charge in [0, 0.05) is 29.1 Å². The van der Waals surface area contributed by atoms with Crippen LogP contribution in [-0.4, -0.2) is 22.6 Å². The zero-order valence-corrected chi connectivity index (χ0v) is 27.0. The molecule has 4 heteroatoms. The first-order valence-electron chi connectivity index (χ1n) is 16.9. The highest BCUT2D eigenvalue weighted by molar-refractivity contribution is 5.92. The summed E-state index contributed by atoms with van der Waals surface area (Å²) >= 11 is 0. The third-order valence-electron chi connectivity index (χ3n) is 8.88. The summed E-state index contributed by atoms with van der Waals surface area (Å²) in [6.07, 6.45) is 18.1. The second-order valence-corrected chi connectivity index (χ2v) is 12.8. The lowest BCUT2D eigenvalue weighted by Gasteiger charge is -2.14. The normalized spacial score (nSPS) is 15.4. The summed E-state index contributed by atoms with van der Waals surface area (Å²) in [6, 6.07) is 26.3. The highest BCUT2D eigenvalue weighted by Crippen LogP contribution is 2.35. The number of phenolic OH excluding ortho intramolecular Hbond substituents is 2. The van der Waals surface area contributed by atoms with E-state index in [4.69, 9.17) is 9.98 Å². The van der Waals surface area contributed by atoms with E-state index >= 15 is 0 Å². The molecule has 45 heavy (non-hydrogen) atoms. The van der Waals surface area contributed by atoms with Gasteiger partial charge in [-0.15, -0.1) is 0 Å². The van der Waals surface area contributed by atoms with Crippen molar-refractivity contribution in [3.05, 3.63) is 107 Å². The van der Waals surface area contributed by atoms with Gasteiger partial charge in [0.2, 0.25) is 0 Å². The average molecular weight is 601 g/mol. The van der Waals surface area contributed by atoms with E-state index in [-0.39, 0.29) is 11.7 Å². The van der Waals surface area contributed by atoms with Crippen LogP contribution in [0.1, 0.15) is 112 Å². The number of aryl methyl sites for hydroxylation is 2. The summed E-state index contributed by atoms with van der Waals surface area (Å²) in [7, 11) is 0. The van der Waals surface area contributed by atoms with Crippen LogP contribution in [0.4, 0.5) is 11.4 Å². The molecule has 2 N–H and O–H groups in total. The van der Waals surface area contributed by atoms with E-state index in [9.17, 15) is 10.2 Å². The van der Waals surface area contributed by atoms with E-state index in [0.29, 0.717) is 22.7 Å². The van der Waals surface area contributed by atoms with Crippen LogP contribution in [0.3, 0.4) is 0 Å². The molecular weight excluding hydrogens is 552 g/mol. The van der Waals surface area contributed by atoms with Gasteiger partial charge in [-0.2, -0.15) is 0 Å². The maximum atomic E-state index is 11.4. The Morgan fingerprint density at radius 3 is 1.53 bits per heavy atom. The van der Waals surface area contributed by atoms with Gasteiger partial charge >= 0.3 is 0 Å². The number of hydrogen-bond acceptors (Lipinski definition) is 4. The van der Waals surface area contributed by atoms with Gasteiger partial charge in [-0.25, -0.2) is 0 Å². The van der Waals surface area contributed by atoms with Crippen LogP contribution in [0.2, 0.25) is 0 Å². The van der Waals surface area contributed by atoms with E-state index in [1.165, 1.54) is 62.5 Å². The Hall–Kier alpha value is -4.18. The SMILES string of the molecule is CC(C)c1cc2cc(c1O)C=Nc1ccccc1N=Cc1cc(cc(-c3ccccc3)c1O)CCCCCCCCCCCC2. The van der Waals surface area contributed by atoms with E-state index < -0.39 is 0 Å². The van der Waals surface area contributed by atoms with Crippen molar-refractivity contribution in [1.82, 2.24) is 0 Å². The second kappa shape index (κ2) is 16.2. The number of benzene rings is 4. The minimum Gasteiger partial charge on any atom is -0.507 e. The summed E-state index contributed by atoms with van der Waals surface area (Å²) in [4.78, 5) is 9.64. The maximum Gasteiger partial charge on any atom is 0.132 e. The molecule has 1 aliphatic rings. The second-order valence-electron chi connectivity index (χ2n) is 12.8. The van der Waals surface area contributed by atoms with Crippen molar-refractivity contribution in [3.8, 4) is 22.6 Å². The molecule has 4 aromatic carbocycles. The molecule has 4 bridgehead atoms. The Kier molecular flexibility index (Phi) is 11.6. The number of rotatable bonds is 2. The summed E-state index contributed by atoms with van der Waals surface area (Å²) in [5.74, 6) is 0.749. The van der Waals surface area contributed by atoms with Crippen LogP contribution >= 0.6 is 0 Å². The third kappa shape index (κ3) is 8.94. The van der Waals surface area contributed by atoms with Crippen molar-refractivity contribution in [2.45, 2.75) is 96.8 Å². The Balaban J connectivity index is 1.51. The molecule has 0 unspecified atom stereocenters. The quantitative estimate of drug-likeness (QED) is 0.240. The summed E-state index contributed by atoms with van der Waals surface area (Å²) in [5.41, 5.74) is 8.10. The maximum absolute atomic E-state index is 11.4. The standard InChI is InChI=1S/C41H48N2O2/c1-30(2)36-26-31-18-12-9-7-5-3-4-6-8-10-13-19-32-25-35(41(45)37(27-32)33-20-14-11-15-21-33)29-43-39-23-17-16-22-38(39)42-28-34(24-31)40(36)44/h11,14-17,20-30,44-45H,3-10,12-13,18-19H2,1-2H3. The van der Waals surface area contributed by atoms with Crippen molar-refractivity contribution in [2.24, 2.45) is 9.98 Å². The molecule has 1 aliphatic heterocycles. The number of phenols is 2. The van der Waals surface area contributed by atoms with Crippen molar-refractivity contribution < 1.29 is 10.2 Å². The van der Waals surface area contributed by atoms with Crippen LogP contribution < -0.4 is 0 Å². The minimum atomic E-state index is 0.213. The molecule has 0 aliphatic carbocycles. The number of aromatic hydroxyl groups is 2. The lowest BCUT2D eigenvalue weighted by molar-refractivity contribution is 0.463. The fourth-order valence-corrected chi connectivity index (χ4v) is 6.26. The molecule has 5 rings (SSSR count). The molecule has 234 valence electrons. The predicted molar refractivity (Wildman–Crippen MR) is 190 cm³/mol. The summed E-state index contributed by atoms with van der Waals surface area (Å²) in [5, 5.41) is 22.5. The molecule has 0 radical (unpaired) electrons. The molecule has 0 fully saturated rings. The first kappa shape index (κ1) is 32.2. The Labute approximate surface area is 269 Å². The largest absolute Gasteiger partial charge is 0.507 e. The number of fused-ring (bicyclic) bond motifs is 5. The zero-order chi connectivity index (χ0) is 31.4. The van der Waals surface area contributed by atoms with E-state index in [1.54, 1.807) is 12.4 Å². The predicted octanol–water partition coefficient (Wildman–Crippen LogP) is 11.4. The Morgan fingerprint density at radius 2 is 1.00 bits per heavy atom. The average Bonchev–Trinajstić information content (AvgIpc) is 3.05. The summed E-state index contributed by atoms with van der Waals surface area (Å²) < 4.78 is 0. The lowest BCUT2D eigenvalue weighted by Crippen LogP contribution is -1.97. The Morgan fingerprint density at radius 1 is 0.533 bits per heavy atom. The molecule has 4 aromatic rings. The van der Waals surface area contributed by atoms with Gasteiger partial charge in [0.25, 0.3) is 0 Å². The first-order valence-corrected chi connectivity index (χ1v) is 16.9.